The van der Waals surface area contributed by atoms with Crippen molar-refractivity contribution in [2.24, 2.45) is 5.92 Å². The first-order valence-corrected chi connectivity index (χ1v) is 13.7. The lowest BCUT2D eigenvalue weighted by atomic mass is 9.97. The van der Waals surface area contributed by atoms with E-state index >= 15 is 0 Å². The summed E-state index contributed by atoms with van der Waals surface area (Å²) in [6, 6.07) is 12.2. The predicted molar refractivity (Wildman–Crippen MR) is 153 cm³/mol. The average Bonchev–Trinajstić information content (AvgIpc) is 2.98. The monoisotopic (exact) mass is 547 g/mol. The van der Waals surface area contributed by atoms with Crippen LogP contribution in [0.5, 0.6) is 0 Å². The van der Waals surface area contributed by atoms with Crippen LogP contribution in [0.4, 0.5) is 11.4 Å². The number of carbonyl (C=O) groups excluding carboxylic acids is 5. The van der Waals surface area contributed by atoms with Gasteiger partial charge in [0.15, 0.2) is 6.29 Å². The van der Waals surface area contributed by atoms with Gasteiger partial charge in [0, 0.05) is 94.7 Å². The fourth-order valence-corrected chi connectivity index (χ4v) is 5.34. The topological polar surface area (TPSA) is 110 Å². The fourth-order valence-electron chi connectivity index (χ4n) is 5.34. The molecule has 2 aliphatic rings. The van der Waals surface area contributed by atoms with Crippen LogP contribution in [0.3, 0.4) is 0 Å². The van der Waals surface area contributed by atoms with Gasteiger partial charge in [0.1, 0.15) is 12.6 Å². The van der Waals surface area contributed by atoms with Gasteiger partial charge in [-0.1, -0.05) is 0 Å². The highest BCUT2D eigenvalue weighted by Crippen LogP contribution is 2.27. The Kier molecular flexibility index (Phi) is 9.65. The smallest absolute Gasteiger partial charge is 0.255 e. The summed E-state index contributed by atoms with van der Waals surface area (Å²) in [5.74, 6) is -0.0348. The van der Waals surface area contributed by atoms with E-state index in [1.807, 2.05) is 30.3 Å². The summed E-state index contributed by atoms with van der Waals surface area (Å²) in [5.41, 5.74) is 3.22. The maximum absolute atomic E-state index is 13.3. The molecule has 10 heteroatoms. The molecule has 0 saturated carbocycles. The lowest BCUT2D eigenvalue weighted by Gasteiger charge is -2.45. The molecule has 212 valence electrons. The lowest BCUT2D eigenvalue weighted by molar-refractivity contribution is -0.121. The SMILES string of the molecule is CNC(=O)CCC(C=O)N(C)C(=O)c1cc(N2CCN(CC3CN(c4ccc(C=O)cc4)C3)CC2)ccc1C=O. The number of piperazine rings is 1. The van der Waals surface area contributed by atoms with Crippen LogP contribution in [-0.2, 0) is 9.59 Å². The van der Waals surface area contributed by atoms with Gasteiger partial charge in [-0.2, -0.15) is 0 Å². The normalized spacial score (nSPS) is 16.6. The molecular formula is C30H37N5O5. The van der Waals surface area contributed by atoms with Gasteiger partial charge >= 0.3 is 0 Å². The molecular weight excluding hydrogens is 510 g/mol. The third kappa shape index (κ3) is 6.74. The second-order valence-corrected chi connectivity index (χ2v) is 10.5. The minimum absolute atomic E-state index is 0.121. The predicted octanol–water partition coefficient (Wildman–Crippen LogP) is 1.74. The Morgan fingerprint density at radius 1 is 0.950 bits per heavy atom. The molecule has 2 aliphatic heterocycles. The zero-order valence-electron chi connectivity index (χ0n) is 23.1. The Hall–Kier alpha value is -4.05. The first-order chi connectivity index (χ1) is 19.4. The molecule has 2 fully saturated rings. The summed E-state index contributed by atoms with van der Waals surface area (Å²) in [6.07, 6.45) is 2.50. The second-order valence-electron chi connectivity index (χ2n) is 10.5. The van der Waals surface area contributed by atoms with E-state index in [-0.39, 0.29) is 29.9 Å². The van der Waals surface area contributed by atoms with Crippen LogP contribution < -0.4 is 15.1 Å². The number of amides is 2. The molecule has 10 nitrogen and oxygen atoms in total. The van der Waals surface area contributed by atoms with Crippen LogP contribution in [-0.4, -0.2) is 106 Å². The first-order valence-electron chi connectivity index (χ1n) is 13.7. The molecule has 40 heavy (non-hydrogen) atoms. The van der Waals surface area contributed by atoms with Crippen LogP contribution in [0.2, 0.25) is 0 Å². The summed E-state index contributed by atoms with van der Waals surface area (Å²) in [6.45, 7) is 6.42. The van der Waals surface area contributed by atoms with Gasteiger partial charge in [0.05, 0.1) is 11.6 Å². The van der Waals surface area contributed by atoms with Crippen molar-refractivity contribution in [3.63, 3.8) is 0 Å². The van der Waals surface area contributed by atoms with Crippen molar-refractivity contribution in [1.29, 1.82) is 0 Å². The molecule has 0 aliphatic carbocycles. The van der Waals surface area contributed by atoms with E-state index in [0.29, 0.717) is 24.1 Å². The number of aldehydes is 3. The van der Waals surface area contributed by atoms with E-state index in [4.69, 9.17) is 0 Å². The highest BCUT2D eigenvalue weighted by Gasteiger charge is 2.30. The first kappa shape index (κ1) is 28.9. The van der Waals surface area contributed by atoms with Gasteiger partial charge < -0.3 is 24.8 Å². The Balaban J connectivity index is 1.31. The minimum atomic E-state index is -0.769. The quantitative estimate of drug-likeness (QED) is 0.400. The molecule has 0 bridgehead atoms. The molecule has 0 spiro atoms. The van der Waals surface area contributed by atoms with Crippen molar-refractivity contribution in [2.45, 2.75) is 18.9 Å². The summed E-state index contributed by atoms with van der Waals surface area (Å²) >= 11 is 0. The van der Waals surface area contributed by atoms with Crippen LogP contribution in [0.1, 0.15) is 43.9 Å². The highest BCUT2D eigenvalue weighted by molar-refractivity contribution is 6.03. The number of carbonyl (C=O) groups is 5. The maximum Gasteiger partial charge on any atom is 0.255 e. The molecule has 1 N–H and O–H groups in total. The Morgan fingerprint density at radius 3 is 2.23 bits per heavy atom. The molecule has 2 aromatic rings. The van der Waals surface area contributed by atoms with Crippen molar-refractivity contribution in [3.05, 3.63) is 59.2 Å². The molecule has 2 heterocycles. The Labute approximate surface area is 234 Å². The highest BCUT2D eigenvalue weighted by atomic mass is 16.2. The molecule has 2 aromatic carbocycles. The number of nitrogens with zero attached hydrogens (tertiary/aromatic N) is 4. The lowest BCUT2D eigenvalue weighted by Crippen LogP contribution is -2.55. The summed E-state index contributed by atoms with van der Waals surface area (Å²) in [7, 11) is 3.04. The van der Waals surface area contributed by atoms with Crippen molar-refractivity contribution in [1.82, 2.24) is 15.1 Å². The molecule has 0 radical (unpaired) electrons. The molecule has 4 rings (SSSR count). The second kappa shape index (κ2) is 13.3. The fraction of sp³-hybridized carbons (Fsp3) is 0.433. The van der Waals surface area contributed by atoms with Crippen LogP contribution in [0.15, 0.2) is 42.5 Å². The number of hydrogen-bond acceptors (Lipinski definition) is 8. The van der Waals surface area contributed by atoms with Gasteiger partial charge in [0.25, 0.3) is 5.91 Å². The molecule has 0 aromatic heterocycles. The Bertz CT molecular complexity index is 1220. The van der Waals surface area contributed by atoms with Crippen molar-refractivity contribution in [2.75, 3.05) is 69.7 Å². The number of likely N-dealkylation sites (N-methyl/N-ethyl adjacent to an activating group) is 1. The van der Waals surface area contributed by atoms with E-state index in [0.717, 1.165) is 63.5 Å². The van der Waals surface area contributed by atoms with Gasteiger partial charge in [-0.05, 0) is 48.9 Å². The average molecular weight is 548 g/mol. The molecule has 2 amide bonds. The standard InChI is InChI=1S/C30H37N5O5/c1-31-29(39)10-9-27(21-38)32(2)30(40)28-15-26(8-5-24(28)20-37)34-13-11-33(12-14-34)16-23-17-35(18-23)25-6-3-22(19-36)4-7-25/h3-8,15,19-21,23,27H,9-14,16-18H2,1-2H3,(H,31,39). The zero-order chi connectivity index (χ0) is 28.6. The van der Waals surface area contributed by atoms with E-state index < -0.39 is 11.9 Å². The van der Waals surface area contributed by atoms with Crippen molar-refractivity contribution in [3.8, 4) is 0 Å². The third-order valence-electron chi connectivity index (χ3n) is 7.92. The van der Waals surface area contributed by atoms with Crippen molar-refractivity contribution < 1.29 is 24.0 Å². The summed E-state index contributed by atoms with van der Waals surface area (Å²) in [5, 5.41) is 2.51. The molecule has 1 unspecified atom stereocenters. The van der Waals surface area contributed by atoms with Crippen LogP contribution >= 0.6 is 0 Å². The van der Waals surface area contributed by atoms with Crippen LogP contribution in [0.25, 0.3) is 0 Å². The summed E-state index contributed by atoms with van der Waals surface area (Å²) < 4.78 is 0. The van der Waals surface area contributed by atoms with Crippen LogP contribution in [0, 0.1) is 5.92 Å². The molecule has 2 saturated heterocycles. The van der Waals surface area contributed by atoms with E-state index in [1.54, 1.807) is 12.1 Å². The number of benzene rings is 2. The van der Waals surface area contributed by atoms with Gasteiger partial charge in [0.2, 0.25) is 5.91 Å². The number of nitrogens with one attached hydrogen (secondary N) is 1. The zero-order valence-corrected chi connectivity index (χ0v) is 23.1. The van der Waals surface area contributed by atoms with E-state index in [1.165, 1.54) is 19.0 Å². The van der Waals surface area contributed by atoms with Gasteiger partial charge in [-0.3, -0.25) is 24.1 Å². The van der Waals surface area contributed by atoms with E-state index in [2.05, 4.69) is 20.0 Å². The number of hydrogen-bond donors (Lipinski definition) is 1. The van der Waals surface area contributed by atoms with Gasteiger partial charge in [-0.25, -0.2) is 0 Å². The maximum atomic E-state index is 13.3. The van der Waals surface area contributed by atoms with Gasteiger partial charge in [-0.15, -0.1) is 0 Å². The third-order valence-corrected chi connectivity index (χ3v) is 7.92. The van der Waals surface area contributed by atoms with E-state index in [9.17, 15) is 24.0 Å². The number of anilines is 2. The molecule has 1 atom stereocenters. The summed E-state index contributed by atoms with van der Waals surface area (Å²) in [4.78, 5) is 67.5. The van der Waals surface area contributed by atoms with Crippen molar-refractivity contribution >= 4 is 42.0 Å². The number of rotatable bonds is 12. The minimum Gasteiger partial charge on any atom is -0.371 e. The Morgan fingerprint density at radius 2 is 1.62 bits per heavy atom. The largest absolute Gasteiger partial charge is 0.371 e.